The third-order valence-corrected chi connectivity index (χ3v) is 5.11. The fourth-order valence-corrected chi connectivity index (χ4v) is 3.69. The van der Waals surface area contributed by atoms with Crippen LogP contribution in [0.2, 0.25) is 0 Å². The van der Waals surface area contributed by atoms with Gasteiger partial charge in [-0.3, -0.25) is 4.79 Å². The molecule has 0 radical (unpaired) electrons. The number of benzene rings is 1. The van der Waals surface area contributed by atoms with Crippen LogP contribution in [-0.2, 0) is 9.47 Å². The van der Waals surface area contributed by atoms with Gasteiger partial charge in [-0.05, 0) is 45.4 Å². The molecule has 178 valence electrons. The summed E-state index contributed by atoms with van der Waals surface area (Å²) < 4.78 is 21.9. The van der Waals surface area contributed by atoms with E-state index in [1.165, 1.54) is 0 Å². The summed E-state index contributed by atoms with van der Waals surface area (Å²) in [7, 11) is 3.34. The van der Waals surface area contributed by atoms with Crippen LogP contribution in [0.15, 0.2) is 18.2 Å². The second-order valence-corrected chi connectivity index (χ2v) is 7.89. The molecule has 1 aromatic rings. The van der Waals surface area contributed by atoms with Gasteiger partial charge in [0, 0.05) is 70.5 Å². The van der Waals surface area contributed by atoms with Crippen LogP contribution in [0.1, 0.15) is 49.9 Å². The second kappa shape index (κ2) is 15.3. The Hall–Kier alpha value is -1.54. The number of carbonyl (C=O) groups is 1. The predicted octanol–water partition coefficient (Wildman–Crippen LogP) is 3.54. The molecule has 1 saturated heterocycles. The smallest absolute Gasteiger partial charge is 0.254 e. The molecule has 8 heteroatoms. The largest absolute Gasteiger partial charge is 0.493 e. The van der Waals surface area contributed by atoms with Gasteiger partial charge in [-0.15, -0.1) is 12.4 Å². The standard InChI is InChI=1S/C23H38N2O5.ClH/c1-18(2)25(20-8-5-9-24-17-20)23(26)19-14-21(29-12-6-10-27-3)16-22(15-19)30-13-7-11-28-4;/h14-16,18,20,24H,5-13,17H2,1-4H3;1H/t20-;/m1./s1. The molecule has 1 aliphatic rings. The van der Waals surface area contributed by atoms with Crippen LogP contribution in [0.25, 0.3) is 0 Å². The van der Waals surface area contributed by atoms with Crippen molar-refractivity contribution in [3.05, 3.63) is 23.8 Å². The first-order chi connectivity index (χ1) is 14.6. The number of rotatable bonds is 13. The maximum absolute atomic E-state index is 13.5. The summed E-state index contributed by atoms with van der Waals surface area (Å²) in [6, 6.07) is 5.80. The van der Waals surface area contributed by atoms with E-state index in [0.29, 0.717) is 43.5 Å². The maximum atomic E-state index is 13.5. The molecule has 0 aliphatic carbocycles. The van der Waals surface area contributed by atoms with Gasteiger partial charge in [0.25, 0.3) is 5.91 Å². The van der Waals surface area contributed by atoms with Crippen molar-refractivity contribution in [2.24, 2.45) is 0 Å². The van der Waals surface area contributed by atoms with Crippen molar-refractivity contribution < 1.29 is 23.7 Å². The summed E-state index contributed by atoms with van der Waals surface area (Å²) in [4.78, 5) is 15.5. The molecule has 1 amide bonds. The molecular formula is C23H39ClN2O5. The third kappa shape index (κ3) is 9.23. The lowest BCUT2D eigenvalue weighted by atomic mass is 10.0. The van der Waals surface area contributed by atoms with E-state index in [1.54, 1.807) is 14.2 Å². The second-order valence-electron chi connectivity index (χ2n) is 7.89. The van der Waals surface area contributed by atoms with Crippen molar-refractivity contribution in [3.63, 3.8) is 0 Å². The SMILES string of the molecule is COCCCOc1cc(OCCCOC)cc(C(=O)N(C(C)C)[C@@H]2CCCNC2)c1.Cl. The number of ether oxygens (including phenoxy) is 4. The lowest BCUT2D eigenvalue weighted by Crippen LogP contribution is -2.51. The Balaban J connectivity index is 0.00000480. The quantitative estimate of drug-likeness (QED) is 0.456. The number of nitrogens with zero attached hydrogens (tertiary/aromatic N) is 1. The van der Waals surface area contributed by atoms with Crippen LogP contribution in [0.4, 0.5) is 0 Å². The molecule has 0 saturated carbocycles. The molecule has 7 nitrogen and oxygen atoms in total. The highest BCUT2D eigenvalue weighted by Gasteiger charge is 2.29. The van der Waals surface area contributed by atoms with Gasteiger partial charge in [0.1, 0.15) is 11.5 Å². The molecule has 1 N–H and O–H groups in total. The zero-order valence-corrected chi connectivity index (χ0v) is 20.2. The van der Waals surface area contributed by atoms with E-state index in [-0.39, 0.29) is 30.4 Å². The third-order valence-electron chi connectivity index (χ3n) is 5.11. The Morgan fingerprint density at radius 3 is 2.06 bits per heavy atom. The van der Waals surface area contributed by atoms with E-state index in [9.17, 15) is 4.79 Å². The van der Waals surface area contributed by atoms with Crippen LogP contribution in [0.5, 0.6) is 11.5 Å². The van der Waals surface area contributed by atoms with Gasteiger partial charge in [0.15, 0.2) is 0 Å². The molecule has 31 heavy (non-hydrogen) atoms. The van der Waals surface area contributed by atoms with Gasteiger partial charge in [-0.1, -0.05) is 0 Å². The molecule has 2 rings (SSSR count). The summed E-state index contributed by atoms with van der Waals surface area (Å²) in [6.07, 6.45) is 3.66. The molecule has 0 aromatic heterocycles. The van der Waals surface area contributed by atoms with Crippen molar-refractivity contribution in [3.8, 4) is 11.5 Å². The minimum atomic E-state index is 0. The zero-order chi connectivity index (χ0) is 21.8. The summed E-state index contributed by atoms with van der Waals surface area (Å²) in [6.45, 7) is 8.30. The Labute approximate surface area is 193 Å². The number of methoxy groups -OCH3 is 2. The Kier molecular flexibility index (Phi) is 13.6. The number of amides is 1. The normalized spacial score (nSPS) is 16.0. The average molecular weight is 459 g/mol. The molecule has 1 fully saturated rings. The highest BCUT2D eigenvalue weighted by Crippen LogP contribution is 2.26. The first kappa shape index (κ1) is 27.5. The van der Waals surface area contributed by atoms with Gasteiger partial charge in [0.05, 0.1) is 13.2 Å². The van der Waals surface area contributed by atoms with Gasteiger partial charge < -0.3 is 29.2 Å². The van der Waals surface area contributed by atoms with Crippen molar-refractivity contribution in [1.29, 1.82) is 0 Å². The summed E-state index contributed by atoms with van der Waals surface area (Å²) in [5, 5.41) is 3.41. The van der Waals surface area contributed by atoms with Gasteiger partial charge in [-0.2, -0.15) is 0 Å². The van der Waals surface area contributed by atoms with Crippen LogP contribution in [-0.4, -0.2) is 76.6 Å². The number of carbonyl (C=O) groups excluding carboxylic acids is 1. The van der Waals surface area contributed by atoms with E-state index >= 15 is 0 Å². The average Bonchev–Trinajstić information content (AvgIpc) is 2.75. The van der Waals surface area contributed by atoms with Gasteiger partial charge >= 0.3 is 0 Å². The molecule has 0 unspecified atom stereocenters. The molecule has 0 spiro atoms. The van der Waals surface area contributed by atoms with E-state index in [2.05, 4.69) is 19.2 Å². The van der Waals surface area contributed by atoms with Crippen molar-refractivity contribution >= 4 is 18.3 Å². The number of hydrogen-bond donors (Lipinski definition) is 1. The fourth-order valence-electron chi connectivity index (χ4n) is 3.69. The molecule has 1 aliphatic heterocycles. The van der Waals surface area contributed by atoms with E-state index in [0.717, 1.165) is 38.8 Å². The van der Waals surface area contributed by atoms with Crippen molar-refractivity contribution in [1.82, 2.24) is 10.2 Å². The maximum Gasteiger partial charge on any atom is 0.254 e. The van der Waals surface area contributed by atoms with Crippen LogP contribution < -0.4 is 14.8 Å². The molecular weight excluding hydrogens is 420 g/mol. The van der Waals surface area contributed by atoms with Gasteiger partial charge in [0.2, 0.25) is 0 Å². The van der Waals surface area contributed by atoms with E-state index in [1.807, 2.05) is 23.1 Å². The molecule has 1 aromatic carbocycles. The molecule has 1 atom stereocenters. The topological polar surface area (TPSA) is 69.3 Å². The minimum absolute atomic E-state index is 0. The van der Waals surface area contributed by atoms with Crippen LogP contribution in [0.3, 0.4) is 0 Å². The Morgan fingerprint density at radius 2 is 1.61 bits per heavy atom. The Morgan fingerprint density at radius 1 is 1.03 bits per heavy atom. The predicted molar refractivity (Wildman–Crippen MR) is 125 cm³/mol. The van der Waals surface area contributed by atoms with Crippen molar-refractivity contribution in [2.75, 3.05) is 53.7 Å². The van der Waals surface area contributed by atoms with E-state index < -0.39 is 0 Å². The number of nitrogens with one attached hydrogen (secondary N) is 1. The molecule has 1 heterocycles. The number of piperidine rings is 1. The van der Waals surface area contributed by atoms with Gasteiger partial charge in [-0.25, -0.2) is 0 Å². The fraction of sp³-hybridized carbons (Fsp3) is 0.696. The number of hydrogen-bond acceptors (Lipinski definition) is 6. The lowest BCUT2D eigenvalue weighted by molar-refractivity contribution is 0.0572. The van der Waals surface area contributed by atoms with Crippen LogP contribution in [0, 0.1) is 0 Å². The highest BCUT2D eigenvalue weighted by atomic mass is 35.5. The minimum Gasteiger partial charge on any atom is -0.493 e. The summed E-state index contributed by atoms with van der Waals surface area (Å²) in [5.74, 6) is 1.30. The Bertz CT molecular complexity index is 608. The number of halogens is 1. The first-order valence-corrected chi connectivity index (χ1v) is 11.0. The lowest BCUT2D eigenvalue weighted by Gasteiger charge is -2.37. The highest BCUT2D eigenvalue weighted by molar-refractivity contribution is 5.95. The molecule has 0 bridgehead atoms. The monoisotopic (exact) mass is 458 g/mol. The van der Waals surface area contributed by atoms with Crippen LogP contribution >= 0.6 is 12.4 Å². The van der Waals surface area contributed by atoms with Crippen molar-refractivity contribution in [2.45, 2.75) is 51.6 Å². The first-order valence-electron chi connectivity index (χ1n) is 11.0. The zero-order valence-electron chi connectivity index (χ0n) is 19.4. The van der Waals surface area contributed by atoms with E-state index in [4.69, 9.17) is 18.9 Å². The summed E-state index contributed by atoms with van der Waals surface area (Å²) >= 11 is 0. The summed E-state index contributed by atoms with van der Waals surface area (Å²) in [5.41, 5.74) is 0.597.